The zero-order chi connectivity index (χ0) is 16.4. The molecule has 1 aliphatic rings. The number of ether oxygens (including phenoxy) is 1. The van der Waals surface area contributed by atoms with Gasteiger partial charge in [0.05, 0.1) is 5.75 Å². The number of rotatable bonds is 5. The number of fused-ring (bicyclic) bond motifs is 1. The van der Waals surface area contributed by atoms with Crippen molar-refractivity contribution < 1.29 is 13.2 Å². The maximum atomic E-state index is 12.1. The molecule has 1 aliphatic heterocycles. The van der Waals surface area contributed by atoms with Crippen LogP contribution in [0.2, 0.25) is 0 Å². The molecule has 0 fully saturated rings. The van der Waals surface area contributed by atoms with Gasteiger partial charge in [-0.3, -0.25) is 4.68 Å². The fourth-order valence-electron chi connectivity index (χ4n) is 2.76. The van der Waals surface area contributed by atoms with Gasteiger partial charge in [0.1, 0.15) is 12.3 Å². The van der Waals surface area contributed by atoms with Crippen LogP contribution in [0.5, 0.6) is 5.88 Å². The van der Waals surface area contributed by atoms with E-state index in [2.05, 4.69) is 10.1 Å². The summed E-state index contributed by atoms with van der Waals surface area (Å²) in [6.45, 7) is 2.81. The van der Waals surface area contributed by atoms with Gasteiger partial charge in [-0.1, -0.05) is 6.07 Å². The second-order valence-electron chi connectivity index (χ2n) is 5.44. The highest BCUT2D eigenvalue weighted by Gasteiger charge is 2.29. The molecule has 2 aromatic heterocycles. The summed E-state index contributed by atoms with van der Waals surface area (Å²) in [5, 5.41) is 4.49. The minimum atomic E-state index is -3.20. The fourth-order valence-corrected chi connectivity index (χ4v) is 3.82. The van der Waals surface area contributed by atoms with E-state index in [9.17, 15) is 8.42 Å². The average Bonchev–Trinajstić information content (AvgIpc) is 2.89. The standard InChI is InChI=1S/C15H20N4O3S/c1-3-23(20,21)19-9-7-14-12(10-19)13(17-18(14)2)11-22-15-6-4-5-8-16-15/h4-6,8H,3,7,9-11H2,1-2H3. The minimum absolute atomic E-state index is 0.113. The number of aryl methyl sites for hydroxylation is 1. The topological polar surface area (TPSA) is 77.3 Å². The lowest BCUT2D eigenvalue weighted by Crippen LogP contribution is -2.37. The Labute approximate surface area is 135 Å². The molecule has 3 rings (SSSR count). The van der Waals surface area contributed by atoms with Crippen LogP contribution < -0.4 is 4.74 Å². The molecule has 2 aromatic rings. The Balaban J connectivity index is 1.81. The van der Waals surface area contributed by atoms with Gasteiger partial charge in [0.25, 0.3) is 0 Å². The molecule has 124 valence electrons. The Bertz CT molecular complexity index is 787. The predicted octanol–water partition coefficient (Wildman–Crippen LogP) is 1.10. The van der Waals surface area contributed by atoms with Gasteiger partial charge in [0, 0.05) is 50.1 Å². The van der Waals surface area contributed by atoms with E-state index in [1.54, 1.807) is 19.2 Å². The average molecular weight is 336 g/mol. The van der Waals surface area contributed by atoms with Crippen molar-refractivity contribution in [3.8, 4) is 5.88 Å². The molecule has 0 saturated heterocycles. The summed E-state index contributed by atoms with van der Waals surface area (Å²) < 4.78 is 33.3. The van der Waals surface area contributed by atoms with E-state index in [0.29, 0.717) is 25.4 Å². The van der Waals surface area contributed by atoms with Gasteiger partial charge in [0.15, 0.2) is 0 Å². The minimum Gasteiger partial charge on any atom is -0.471 e. The first-order chi connectivity index (χ1) is 11.0. The number of sulfonamides is 1. The van der Waals surface area contributed by atoms with Crippen LogP contribution in [-0.4, -0.2) is 39.8 Å². The van der Waals surface area contributed by atoms with Crippen molar-refractivity contribution in [2.45, 2.75) is 26.5 Å². The molecule has 3 heterocycles. The molecule has 0 aromatic carbocycles. The Kier molecular flexibility index (Phi) is 4.36. The lowest BCUT2D eigenvalue weighted by atomic mass is 10.1. The summed E-state index contributed by atoms with van der Waals surface area (Å²) >= 11 is 0. The number of aromatic nitrogens is 3. The van der Waals surface area contributed by atoms with Crippen LogP contribution in [0, 0.1) is 0 Å². The quantitative estimate of drug-likeness (QED) is 0.817. The first-order valence-electron chi connectivity index (χ1n) is 7.56. The van der Waals surface area contributed by atoms with Crippen LogP contribution in [0.4, 0.5) is 0 Å². The van der Waals surface area contributed by atoms with Gasteiger partial charge in [-0.2, -0.15) is 9.40 Å². The number of hydrogen-bond acceptors (Lipinski definition) is 5. The van der Waals surface area contributed by atoms with E-state index in [4.69, 9.17) is 4.74 Å². The first-order valence-corrected chi connectivity index (χ1v) is 9.17. The smallest absolute Gasteiger partial charge is 0.214 e. The molecule has 0 amide bonds. The first kappa shape index (κ1) is 15.9. The molecule has 0 aliphatic carbocycles. The molecule has 0 saturated carbocycles. The normalized spacial score (nSPS) is 15.4. The molecule has 8 heteroatoms. The van der Waals surface area contributed by atoms with E-state index in [0.717, 1.165) is 17.0 Å². The van der Waals surface area contributed by atoms with Crippen LogP contribution in [0.25, 0.3) is 0 Å². The highest BCUT2D eigenvalue weighted by Crippen LogP contribution is 2.25. The van der Waals surface area contributed by atoms with Gasteiger partial charge >= 0.3 is 0 Å². The largest absolute Gasteiger partial charge is 0.471 e. The highest BCUT2D eigenvalue weighted by molar-refractivity contribution is 7.89. The van der Waals surface area contributed by atoms with Crippen LogP contribution >= 0.6 is 0 Å². The van der Waals surface area contributed by atoms with Gasteiger partial charge in [-0.15, -0.1) is 0 Å². The lowest BCUT2D eigenvalue weighted by Gasteiger charge is -2.26. The third-order valence-corrected chi connectivity index (χ3v) is 5.87. The number of nitrogens with zero attached hydrogens (tertiary/aromatic N) is 4. The summed E-state index contributed by atoms with van der Waals surface area (Å²) in [7, 11) is -1.31. The zero-order valence-electron chi connectivity index (χ0n) is 13.3. The fraction of sp³-hybridized carbons (Fsp3) is 0.467. The summed E-state index contributed by atoms with van der Waals surface area (Å²) in [5.41, 5.74) is 2.79. The van der Waals surface area contributed by atoms with Crippen molar-refractivity contribution in [1.82, 2.24) is 19.1 Å². The molecule has 7 nitrogen and oxygen atoms in total. The summed E-state index contributed by atoms with van der Waals surface area (Å²) in [4.78, 5) is 4.12. The van der Waals surface area contributed by atoms with Crippen LogP contribution in [0.1, 0.15) is 23.9 Å². The molecule has 0 radical (unpaired) electrons. The highest BCUT2D eigenvalue weighted by atomic mass is 32.2. The van der Waals surface area contributed by atoms with Crippen molar-refractivity contribution in [2.75, 3.05) is 12.3 Å². The van der Waals surface area contributed by atoms with Crippen molar-refractivity contribution in [2.24, 2.45) is 7.05 Å². The Morgan fingerprint density at radius 2 is 2.17 bits per heavy atom. The van der Waals surface area contributed by atoms with Crippen molar-refractivity contribution in [1.29, 1.82) is 0 Å². The Morgan fingerprint density at radius 1 is 1.35 bits per heavy atom. The van der Waals surface area contributed by atoms with E-state index < -0.39 is 10.0 Å². The van der Waals surface area contributed by atoms with Gasteiger partial charge in [-0.25, -0.2) is 13.4 Å². The molecule has 0 N–H and O–H groups in total. The summed E-state index contributed by atoms with van der Waals surface area (Å²) in [5.74, 6) is 0.642. The molecule has 0 atom stereocenters. The summed E-state index contributed by atoms with van der Waals surface area (Å²) in [6.07, 6.45) is 2.33. The molecular formula is C15H20N4O3S. The third-order valence-electron chi connectivity index (χ3n) is 4.04. The maximum Gasteiger partial charge on any atom is 0.214 e. The molecule has 0 unspecified atom stereocenters. The van der Waals surface area contributed by atoms with E-state index in [1.807, 2.05) is 23.9 Å². The zero-order valence-corrected chi connectivity index (χ0v) is 14.1. The monoisotopic (exact) mass is 336 g/mol. The Hall–Kier alpha value is -1.93. The van der Waals surface area contributed by atoms with Crippen LogP contribution in [-0.2, 0) is 36.6 Å². The molecule has 23 heavy (non-hydrogen) atoms. The van der Waals surface area contributed by atoms with E-state index in [1.165, 1.54) is 4.31 Å². The van der Waals surface area contributed by atoms with Crippen LogP contribution in [0.15, 0.2) is 24.4 Å². The van der Waals surface area contributed by atoms with Crippen molar-refractivity contribution >= 4 is 10.0 Å². The second-order valence-corrected chi connectivity index (χ2v) is 7.69. The van der Waals surface area contributed by atoms with Gasteiger partial charge in [-0.05, 0) is 13.0 Å². The molecule has 0 bridgehead atoms. The van der Waals surface area contributed by atoms with E-state index in [-0.39, 0.29) is 12.4 Å². The lowest BCUT2D eigenvalue weighted by molar-refractivity contribution is 0.285. The van der Waals surface area contributed by atoms with Crippen molar-refractivity contribution in [3.05, 3.63) is 41.3 Å². The third kappa shape index (κ3) is 3.23. The van der Waals surface area contributed by atoms with Crippen LogP contribution in [0.3, 0.4) is 0 Å². The predicted molar refractivity (Wildman–Crippen MR) is 85.4 cm³/mol. The second kappa shape index (κ2) is 6.29. The Morgan fingerprint density at radius 3 is 2.87 bits per heavy atom. The maximum absolute atomic E-state index is 12.1. The molecule has 0 spiro atoms. The van der Waals surface area contributed by atoms with Crippen molar-refractivity contribution in [3.63, 3.8) is 0 Å². The van der Waals surface area contributed by atoms with Gasteiger partial charge < -0.3 is 4.74 Å². The summed E-state index contributed by atoms with van der Waals surface area (Å²) in [6, 6.07) is 5.46. The number of pyridine rings is 1. The van der Waals surface area contributed by atoms with Gasteiger partial charge in [0.2, 0.25) is 15.9 Å². The number of hydrogen-bond donors (Lipinski definition) is 0. The molecular weight excluding hydrogens is 316 g/mol. The van der Waals surface area contributed by atoms with E-state index >= 15 is 0 Å². The SMILES string of the molecule is CCS(=O)(=O)N1CCc2c(c(COc3ccccn3)nn2C)C1.